The second-order valence-corrected chi connectivity index (χ2v) is 4.56. The number of rotatable bonds is 5. The van der Waals surface area contributed by atoms with Gasteiger partial charge in [-0.2, -0.15) is 0 Å². The number of carbonyl (C=O) groups is 1. The zero-order chi connectivity index (χ0) is 15.2. The van der Waals surface area contributed by atoms with E-state index in [1.165, 1.54) is 0 Å². The molecule has 0 unspecified atom stereocenters. The Balaban J connectivity index is 2.04. The quantitative estimate of drug-likeness (QED) is 0.919. The van der Waals surface area contributed by atoms with Gasteiger partial charge in [-0.05, 0) is 29.3 Å². The molecule has 1 amide bonds. The Morgan fingerprint density at radius 1 is 1.14 bits per heavy atom. The summed E-state index contributed by atoms with van der Waals surface area (Å²) in [5.41, 5.74) is 1.53. The average Bonchev–Trinajstić information content (AvgIpc) is 2.48. The Morgan fingerprint density at radius 3 is 2.67 bits per heavy atom. The fourth-order valence-corrected chi connectivity index (χ4v) is 1.95. The third kappa shape index (κ3) is 4.10. The number of methoxy groups -OCH3 is 1. The topological polar surface area (TPSA) is 38.3 Å². The molecule has 0 aliphatic heterocycles. The zero-order valence-electron chi connectivity index (χ0n) is 11.5. The first-order valence-corrected chi connectivity index (χ1v) is 6.40. The maximum absolute atomic E-state index is 13.5. The number of hydrogen-bond donors (Lipinski definition) is 1. The zero-order valence-corrected chi connectivity index (χ0v) is 11.5. The van der Waals surface area contributed by atoms with Gasteiger partial charge in [0.1, 0.15) is 11.6 Å². The number of nitrogens with one attached hydrogen (secondary N) is 1. The van der Waals surface area contributed by atoms with E-state index in [-0.39, 0.29) is 12.1 Å². The van der Waals surface area contributed by atoms with Gasteiger partial charge in [-0.15, -0.1) is 0 Å². The summed E-state index contributed by atoms with van der Waals surface area (Å²) in [6, 6.07) is 10.3. The molecule has 2 aromatic rings. The van der Waals surface area contributed by atoms with Crippen molar-refractivity contribution in [1.29, 1.82) is 0 Å². The molecule has 1 N–H and O–H groups in total. The largest absolute Gasteiger partial charge is 0.380 e. The maximum Gasteiger partial charge on any atom is 0.254 e. The molecular weight excluding hydrogens is 276 g/mol. The molecule has 0 saturated heterocycles. The van der Waals surface area contributed by atoms with Crippen LogP contribution in [0.15, 0.2) is 42.5 Å². The first-order chi connectivity index (χ1) is 10.1. The molecule has 0 spiro atoms. The number of carbonyl (C=O) groups excluding carboxylic acids is 1. The summed E-state index contributed by atoms with van der Waals surface area (Å²) in [5, 5.41) is 2.57. The summed E-state index contributed by atoms with van der Waals surface area (Å²) < 4.78 is 31.5. The summed E-state index contributed by atoms with van der Waals surface area (Å²) in [4.78, 5) is 11.9. The summed E-state index contributed by atoms with van der Waals surface area (Å²) in [5.74, 6) is -2.05. The van der Waals surface area contributed by atoms with Crippen LogP contribution in [0.2, 0.25) is 0 Å². The van der Waals surface area contributed by atoms with Crippen molar-refractivity contribution in [2.75, 3.05) is 7.11 Å². The van der Waals surface area contributed by atoms with Crippen LogP contribution in [0.1, 0.15) is 21.5 Å². The normalized spacial score (nSPS) is 10.4. The van der Waals surface area contributed by atoms with Gasteiger partial charge in [0.25, 0.3) is 5.91 Å². The van der Waals surface area contributed by atoms with Gasteiger partial charge in [0.15, 0.2) is 0 Å². The highest BCUT2D eigenvalue weighted by atomic mass is 19.1. The first-order valence-electron chi connectivity index (χ1n) is 6.40. The van der Waals surface area contributed by atoms with Crippen molar-refractivity contribution in [2.24, 2.45) is 0 Å². The maximum atomic E-state index is 13.5. The van der Waals surface area contributed by atoms with E-state index < -0.39 is 17.5 Å². The van der Waals surface area contributed by atoms with E-state index in [0.29, 0.717) is 6.61 Å². The third-order valence-corrected chi connectivity index (χ3v) is 2.93. The van der Waals surface area contributed by atoms with E-state index in [0.717, 1.165) is 29.3 Å². The van der Waals surface area contributed by atoms with Crippen LogP contribution >= 0.6 is 0 Å². The molecule has 21 heavy (non-hydrogen) atoms. The van der Waals surface area contributed by atoms with Crippen molar-refractivity contribution in [3.05, 3.63) is 70.8 Å². The van der Waals surface area contributed by atoms with Gasteiger partial charge >= 0.3 is 0 Å². The Labute approximate surface area is 121 Å². The highest BCUT2D eigenvalue weighted by Gasteiger charge is 2.12. The second-order valence-electron chi connectivity index (χ2n) is 4.56. The Morgan fingerprint density at radius 2 is 1.90 bits per heavy atom. The second kappa shape index (κ2) is 6.95. The SMILES string of the molecule is COCc1cccc(CNC(=O)c2cc(F)ccc2F)c1. The molecule has 3 nitrogen and oxygen atoms in total. The van der Waals surface area contributed by atoms with Crippen LogP contribution in [0.4, 0.5) is 8.78 Å². The van der Waals surface area contributed by atoms with E-state index in [4.69, 9.17) is 4.74 Å². The molecule has 0 radical (unpaired) electrons. The molecule has 0 bridgehead atoms. The fraction of sp³-hybridized carbons (Fsp3) is 0.188. The van der Waals surface area contributed by atoms with Gasteiger partial charge in [0.05, 0.1) is 12.2 Å². The highest BCUT2D eigenvalue weighted by Crippen LogP contribution is 2.10. The minimum atomic E-state index is -0.748. The molecule has 0 aliphatic rings. The smallest absolute Gasteiger partial charge is 0.254 e. The Hall–Kier alpha value is -2.27. The molecule has 0 aliphatic carbocycles. The number of hydrogen-bond acceptors (Lipinski definition) is 2. The van der Waals surface area contributed by atoms with Crippen LogP contribution < -0.4 is 5.32 Å². The summed E-state index contributed by atoms with van der Waals surface area (Å²) >= 11 is 0. The minimum absolute atomic E-state index is 0.229. The fourth-order valence-electron chi connectivity index (χ4n) is 1.95. The van der Waals surface area contributed by atoms with Crippen LogP contribution in [0.3, 0.4) is 0 Å². The van der Waals surface area contributed by atoms with Crippen molar-refractivity contribution in [2.45, 2.75) is 13.2 Å². The lowest BCUT2D eigenvalue weighted by atomic mass is 10.1. The molecule has 2 aromatic carbocycles. The van der Waals surface area contributed by atoms with E-state index >= 15 is 0 Å². The van der Waals surface area contributed by atoms with Crippen molar-refractivity contribution in [3.8, 4) is 0 Å². The monoisotopic (exact) mass is 291 g/mol. The predicted octanol–water partition coefficient (Wildman–Crippen LogP) is 3.04. The van der Waals surface area contributed by atoms with Crippen molar-refractivity contribution >= 4 is 5.91 Å². The van der Waals surface area contributed by atoms with Crippen molar-refractivity contribution in [1.82, 2.24) is 5.32 Å². The van der Waals surface area contributed by atoms with Crippen LogP contribution in [-0.2, 0) is 17.9 Å². The van der Waals surface area contributed by atoms with Gasteiger partial charge < -0.3 is 10.1 Å². The Bertz CT molecular complexity index is 644. The van der Waals surface area contributed by atoms with E-state index in [1.807, 2.05) is 24.3 Å². The number of amides is 1. The number of halogens is 2. The van der Waals surface area contributed by atoms with E-state index in [2.05, 4.69) is 5.32 Å². The minimum Gasteiger partial charge on any atom is -0.380 e. The van der Waals surface area contributed by atoms with Crippen LogP contribution in [-0.4, -0.2) is 13.0 Å². The number of ether oxygens (including phenoxy) is 1. The molecule has 5 heteroatoms. The molecule has 0 fully saturated rings. The van der Waals surface area contributed by atoms with Gasteiger partial charge in [0.2, 0.25) is 0 Å². The molecule has 0 saturated carbocycles. The lowest BCUT2D eigenvalue weighted by Crippen LogP contribution is -2.24. The lowest BCUT2D eigenvalue weighted by molar-refractivity contribution is 0.0946. The van der Waals surface area contributed by atoms with Gasteiger partial charge in [0, 0.05) is 13.7 Å². The first kappa shape index (κ1) is 15.1. The average molecular weight is 291 g/mol. The van der Waals surface area contributed by atoms with Gasteiger partial charge in [-0.3, -0.25) is 4.79 Å². The molecule has 0 atom stereocenters. The van der Waals surface area contributed by atoms with Crippen molar-refractivity contribution in [3.63, 3.8) is 0 Å². The summed E-state index contributed by atoms with van der Waals surface area (Å²) in [7, 11) is 1.60. The van der Waals surface area contributed by atoms with Gasteiger partial charge in [-0.25, -0.2) is 8.78 Å². The van der Waals surface area contributed by atoms with Crippen LogP contribution in [0.25, 0.3) is 0 Å². The summed E-state index contributed by atoms with van der Waals surface area (Å²) in [6.07, 6.45) is 0. The summed E-state index contributed by atoms with van der Waals surface area (Å²) in [6.45, 7) is 0.701. The predicted molar refractivity (Wildman–Crippen MR) is 74.7 cm³/mol. The van der Waals surface area contributed by atoms with Gasteiger partial charge in [-0.1, -0.05) is 24.3 Å². The molecule has 0 heterocycles. The number of benzene rings is 2. The van der Waals surface area contributed by atoms with Crippen molar-refractivity contribution < 1.29 is 18.3 Å². The molecular formula is C16H15F2NO2. The highest BCUT2D eigenvalue weighted by molar-refractivity contribution is 5.94. The third-order valence-electron chi connectivity index (χ3n) is 2.93. The van der Waals surface area contributed by atoms with Crippen LogP contribution in [0, 0.1) is 11.6 Å². The lowest BCUT2D eigenvalue weighted by Gasteiger charge is -2.08. The molecule has 110 valence electrons. The van der Waals surface area contributed by atoms with E-state index in [9.17, 15) is 13.6 Å². The molecule has 2 rings (SSSR count). The Kier molecular flexibility index (Phi) is 5.00. The molecule has 0 aromatic heterocycles. The van der Waals surface area contributed by atoms with Crippen LogP contribution in [0.5, 0.6) is 0 Å². The van der Waals surface area contributed by atoms with E-state index in [1.54, 1.807) is 7.11 Å². The standard InChI is InChI=1S/C16H15F2NO2/c1-21-10-12-4-2-3-11(7-12)9-19-16(20)14-8-13(17)5-6-15(14)18/h2-8H,9-10H2,1H3,(H,19,20).